The summed E-state index contributed by atoms with van der Waals surface area (Å²) in [4.78, 5) is 16.0. The first-order valence-electron chi connectivity index (χ1n) is 17.4. The van der Waals surface area contributed by atoms with E-state index in [2.05, 4.69) is 108 Å². The van der Waals surface area contributed by atoms with Gasteiger partial charge in [0.2, 0.25) is 11.2 Å². The van der Waals surface area contributed by atoms with Gasteiger partial charge in [-0.25, -0.2) is 0 Å². The first-order valence-corrected chi connectivity index (χ1v) is 19.4. The highest BCUT2D eigenvalue weighted by molar-refractivity contribution is 7.95. The summed E-state index contributed by atoms with van der Waals surface area (Å²) >= 11 is 0. The molecule has 0 atom stereocenters. The van der Waals surface area contributed by atoms with Crippen LogP contribution in [-0.2, 0) is 4.74 Å². The highest BCUT2D eigenvalue weighted by Gasteiger charge is 2.44. The first-order chi connectivity index (χ1) is 24.2. The summed E-state index contributed by atoms with van der Waals surface area (Å²) in [5, 5.41) is 4.80. The maximum atomic E-state index is 13.7. The zero-order valence-electron chi connectivity index (χ0n) is 27.9. The number of nitrogens with zero attached hydrogens (tertiary/aromatic N) is 1. The Kier molecular flexibility index (Phi) is 10.5. The predicted octanol–water partition coefficient (Wildman–Crippen LogP) is 8.23. The highest BCUT2D eigenvalue weighted by Crippen LogP contribution is 2.56. The van der Waals surface area contributed by atoms with Crippen molar-refractivity contribution in [3.8, 4) is 17.1 Å². The molecule has 248 valence electrons. The molecule has 0 bridgehead atoms. The van der Waals surface area contributed by atoms with Gasteiger partial charge in [-0.15, -0.1) is 0 Å². The average Bonchev–Trinajstić information content (AvgIpc) is 3.18. The second-order valence-electron chi connectivity index (χ2n) is 12.5. The van der Waals surface area contributed by atoms with Gasteiger partial charge in [0.15, 0.2) is 5.76 Å². The molecule has 5 aromatic carbocycles. The lowest BCUT2D eigenvalue weighted by Gasteiger charge is -2.28. The molecule has 0 N–H and O–H groups in total. The zero-order chi connectivity index (χ0) is 33.3. The molecule has 1 fully saturated rings. The number of unbranched alkanes of at least 4 members (excludes halogenated alkanes) is 3. The second-order valence-corrected chi connectivity index (χ2v) is 16.2. The third-order valence-electron chi connectivity index (χ3n) is 9.49. The number of hydrogen-bond donors (Lipinski definition) is 0. The van der Waals surface area contributed by atoms with Crippen molar-refractivity contribution in [1.82, 2.24) is 0 Å². The van der Waals surface area contributed by atoms with Gasteiger partial charge in [-0.2, -0.15) is 0 Å². The minimum atomic E-state index is -1.83. The lowest BCUT2D eigenvalue weighted by atomic mass is 10.1. The van der Waals surface area contributed by atoms with Gasteiger partial charge in [0.05, 0.1) is 31.4 Å². The summed E-state index contributed by atoms with van der Waals surface area (Å²) in [6, 6.07) is 48.8. The fourth-order valence-corrected chi connectivity index (χ4v) is 11.4. The molecule has 6 aromatic rings. The zero-order valence-corrected chi connectivity index (χ0v) is 28.8. The number of ether oxygens (including phenoxy) is 2. The third kappa shape index (κ3) is 7.20. The summed E-state index contributed by atoms with van der Waals surface area (Å²) < 4.78 is 18.2. The van der Waals surface area contributed by atoms with Gasteiger partial charge < -0.3 is 18.8 Å². The fraction of sp³-hybridized carbons (Fsp3) is 0.233. The molecule has 0 amide bonds. The van der Waals surface area contributed by atoms with Crippen molar-refractivity contribution in [2.75, 3.05) is 44.0 Å². The van der Waals surface area contributed by atoms with Crippen LogP contribution in [0.25, 0.3) is 22.3 Å². The maximum absolute atomic E-state index is 13.7. The normalized spacial score (nSPS) is 13.4. The number of anilines is 1. The van der Waals surface area contributed by atoms with E-state index in [-0.39, 0.29) is 5.43 Å². The van der Waals surface area contributed by atoms with E-state index in [4.69, 9.17) is 13.9 Å². The summed E-state index contributed by atoms with van der Waals surface area (Å²) in [5.74, 6) is 0.778. The molecule has 2 heterocycles. The first kappa shape index (κ1) is 32.8. The number of hydrogen-bond acceptors (Lipinski definition) is 5. The summed E-state index contributed by atoms with van der Waals surface area (Å²) in [7, 11) is -1.83. The van der Waals surface area contributed by atoms with Crippen molar-refractivity contribution in [2.24, 2.45) is 0 Å². The molecule has 0 spiro atoms. The molecular formula is C43H43NO4P+. The minimum Gasteiger partial charge on any atom is -0.486 e. The number of morpholine rings is 1. The van der Waals surface area contributed by atoms with Gasteiger partial charge in [-0.05, 0) is 98.5 Å². The van der Waals surface area contributed by atoms with Crippen molar-refractivity contribution in [1.29, 1.82) is 0 Å². The van der Waals surface area contributed by atoms with Crippen LogP contribution in [0.1, 0.15) is 25.7 Å². The fourth-order valence-electron chi connectivity index (χ4n) is 6.95. The molecule has 1 aliphatic rings. The number of para-hydroxylation sites is 1. The summed E-state index contributed by atoms with van der Waals surface area (Å²) in [6.45, 7) is 3.65. The van der Waals surface area contributed by atoms with Gasteiger partial charge in [-0.1, -0.05) is 66.7 Å². The van der Waals surface area contributed by atoms with Crippen LogP contribution in [-0.4, -0.2) is 39.1 Å². The molecule has 1 aromatic heterocycles. The van der Waals surface area contributed by atoms with E-state index in [1.807, 2.05) is 30.3 Å². The molecule has 1 aliphatic heterocycles. The predicted molar refractivity (Wildman–Crippen MR) is 205 cm³/mol. The van der Waals surface area contributed by atoms with E-state index < -0.39 is 7.26 Å². The second kappa shape index (κ2) is 15.7. The van der Waals surface area contributed by atoms with Crippen LogP contribution >= 0.6 is 7.26 Å². The van der Waals surface area contributed by atoms with E-state index in [9.17, 15) is 4.79 Å². The van der Waals surface area contributed by atoms with Gasteiger partial charge in [-0.3, -0.25) is 4.79 Å². The Morgan fingerprint density at radius 3 is 1.78 bits per heavy atom. The quantitative estimate of drug-likeness (QED) is 0.0917. The lowest BCUT2D eigenvalue weighted by molar-refractivity contribution is 0.122. The smallest absolute Gasteiger partial charge is 0.235 e. The van der Waals surface area contributed by atoms with Crippen molar-refractivity contribution in [3.63, 3.8) is 0 Å². The Morgan fingerprint density at radius 1 is 0.612 bits per heavy atom. The van der Waals surface area contributed by atoms with Gasteiger partial charge >= 0.3 is 0 Å². The van der Waals surface area contributed by atoms with Gasteiger partial charge in [0, 0.05) is 24.3 Å². The maximum Gasteiger partial charge on any atom is 0.235 e. The number of rotatable bonds is 13. The van der Waals surface area contributed by atoms with Crippen LogP contribution in [0.2, 0.25) is 0 Å². The molecule has 0 aliphatic carbocycles. The molecular weight excluding hydrogens is 625 g/mol. The molecule has 1 saturated heterocycles. The van der Waals surface area contributed by atoms with Crippen molar-refractivity contribution in [2.45, 2.75) is 25.7 Å². The number of fused-ring (bicyclic) bond motifs is 1. The molecule has 7 rings (SSSR count). The Hall–Kier alpha value is -4.70. The SMILES string of the molecule is O=c1c(OCCCCCC[P+](c2ccccc2)(c2ccccc2)c2ccccc2)c(-c2ccc(N3CCOCC3)cc2)oc2ccccc12. The Labute approximate surface area is 289 Å². The Balaban J connectivity index is 1.05. The third-order valence-corrected chi connectivity index (χ3v) is 14.0. The van der Waals surface area contributed by atoms with Crippen molar-refractivity contribution < 1.29 is 13.9 Å². The van der Waals surface area contributed by atoms with E-state index in [1.165, 1.54) is 15.9 Å². The standard InChI is InChI=1S/C43H43NO4P/c45-41-39-22-12-13-23-40(39)48-42(34-24-26-35(27-25-34)44-28-31-46-32-29-44)43(41)47-30-14-1-2-15-33-49(36-16-6-3-7-17-36,37-18-8-4-9-19-37)38-20-10-5-11-21-38/h3-13,16-27H,1-2,14-15,28-33H2/q+1. The van der Waals surface area contributed by atoms with Gasteiger partial charge in [0.1, 0.15) is 28.8 Å². The van der Waals surface area contributed by atoms with E-state index >= 15 is 0 Å². The molecule has 5 nitrogen and oxygen atoms in total. The molecule has 6 heteroatoms. The van der Waals surface area contributed by atoms with Crippen LogP contribution in [0, 0.1) is 0 Å². The van der Waals surface area contributed by atoms with E-state index in [0.717, 1.165) is 69.4 Å². The molecule has 49 heavy (non-hydrogen) atoms. The largest absolute Gasteiger partial charge is 0.486 e. The van der Waals surface area contributed by atoms with E-state index in [0.29, 0.717) is 29.1 Å². The van der Waals surface area contributed by atoms with Crippen LogP contribution in [0.3, 0.4) is 0 Å². The topological polar surface area (TPSA) is 51.9 Å². The van der Waals surface area contributed by atoms with Crippen LogP contribution < -0.4 is 31.0 Å². The van der Waals surface area contributed by atoms with Crippen molar-refractivity contribution in [3.05, 3.63) is 150 Å². The van der Waals surface area contributed by atoms with Crippen LogP contribution in [0.15, 0.2) is 149 Å². The van der Waals surface area contributed by atoms with Crippen molar-refractivity contribution >= 4 is 39.8 Å². The lowest BCUT2D eigenvalue weighted by Crippen LogP contribution is -2.36. The van der Waals surface area contributed by atoms with Crippen LogP contribution in [0.4, 0.5) is 5.69 Å². The number of benzene rings is 5. The summed E-state index contributed by atoms with van der Waals surface area (Å²) in [5.41, 5.74) is 2.40. The summed E-state index contributed by atoms with van der Waals surface area (Å²) in [6.07, 6.45) is 5.16. The van der Waals surface area contributed by atoms with Crippen LogP contribution in [0.5, 0.6) is 5.75 Å². The van der Waals surface area contributed by atoms with Gasteiger partial charge in [0.25, 0.3) is 0 Å². The van der Waals surface area contributed by atoms with E-state index in [1.54, 1.807) is 6.07 Å². The average molecular weight is 669 g/mol. The molecule has 0 unspecified atom stereocenters. The molecule has 0 saturated carbocycles. The molecule has 0 radical (unpaired) electrons. The highest BCUT2D eigenvalue weighted by atomic mass is 31.2. The minimum absolute atomic E-state index is 0.128. The monoisotopic (exact) mass is 668 g/mol. The Morgan fingerprint density at radius 2 is 1.16 bits per heavy atom. The Bertz CT molecular complexity index is 1890.